The Morgan fingerprint density at radius 3 is 2.61 bits per heavy atom. The molecular formula is C11H11Cl2N3OS. The molecule has 0 saturated carbocycles. The van der Waals surface area contributed by atoms with E-state index in [0.29, 0.717) is 17.2 Å². The summed E-state index contributed by atoms with van der Waals surface area (Å²) in [4.78, 5) is 0. The van der Waals surface area contributed by atoms with Crippen molar-refractivity contribution in [3.63, 3.8) is 0 Å². The van der Waals surface area contributed by atoms with E-state index < -0.39 is 0 Å². The van der Waals surface area contributed by atoms with Gasteiger partial charge in [0.25, 0.3) is 0 Å². The van der Waals surface area contributed by atoms with E-state index in [1.54, 1.807) is 6.08 Å². The topological polar surface area (TPSA) is 56.7 Å². The van der Waals surface area contributed by atoms with E-state index in [9.17, 15) is 5.11 Å². The molecule has 0 aliphatic rings. The molecule has 0 amide bonds. The Hall–Kier alpha value is -1.30. The third-order valence-corrected chi connectivity index (χ3v) is 2.64. The smallest absolute Gasteiger partial charge is 0.187 e. The fraction of sp³-hybridized carbons (Fsp3) is 0.0909. The van der Waals surface area contributed by atoms with Gasteiger partial charge in [0.2, 0.25) is 0 Å². The molecule has 0 heterocycles. The quantitative estimate of drug-likeness (QED) is 0.346. The molecule has 0 bridgehead atoms. The molecule has 7 heteroatoms. The lowest BCUT2D eigenvalue weighted by molar-refractivity contribution is 0.476. The molecule has 0 aromatic heterocycles. The zero-order valence-corrected chi connectivity index (χ0v) is 11.6. The minimum absolute atomic E-state index is 0.147. The number of hydrazone groups is 1. The summed E-state index contributed by atoms with van der Waals surface area (Å²) >= 11 is 16.5. The predicted molar refractivity (Wildman–Crippen MR) is 79.7 cm³/mol. The molecule has 0 aliphatic carbocycles. The number of hydrogen-bond donors (Lipinski definition) is 3. The van der Waals surface area contributed by atoms with Crippen LogP contribution in [0.4, 0.5) is 0 Å². The van der Waals surface area contributed by atoms with E-state index in [0.717, 1.165) is 0 Å². The summed E-state index contributed by atoms with van der Waals surface area (Å²) in [6.45, 7) is 4.10. The van der Waals surface area contributed by atoms with Crippen LogP contribution in [-0.2, 0) is 0 Å². The second-order valence-electron chi connectivity index (χ2n) is 3.20. The molecule has 1 aromatic rings. The van der Waals surface area contributed by atoms with Crippen molar-refractivity contribution in [3.8, 4) is 5.75 Å². The second-order valence-corrected chi connectivity index (χ2v) is 4.42. The lowest BCUT2D eigenvalue weighted by Crippen LogP contribution is -2.31. The molecule has 3 N–H and O–H groups in total. The number of thiocarbonyl (C=S) groups is 1. The van der Waals surface area contributed by atoms with Crippen molar-refractivity contribution in [3.05, 3.63) is 40.4 Å². The number of nitrogens with one attached hydrogen (secondary N) is 2. The highest BCUT2D eigenvalue weighted by molar-refractivity contribution is 7.80. The molecule has 18 heavy (non-hydrogen) atoms. The number of hydrogen-bond acceptors (Lipinski definition) is 3. The van der Waals surface area contributed by atoms with Crippen molar-refractivity contribution < 1.29 is 5.11 Å². The van der Waals surface area contributed by atoms with Crippen LogP contribution in [0.2, 0.25) is 10.0 Å². The number of benzene rings is 1. The first-order valence-corrected chi connectivity index (χ1v) is 6.07. The average molecular weight is 304 g/mol. The molecular weight excluding hydrogens is 293 g/mol. The summed E-state index contributed by atoms with van der Waals surface area (Å²) in [7, 11) is 0. The van der Waals surface area contributed by atoms with E-state index >= 15 is 0 Å². The summed E-state index contributed by atoms with van der Waals surface area (Å²) in [6.07, 6.45) is 3.16. The largest absolute Gasteiger partial charge is 0.505 e. The van der Waals surface area contributed by atoms with Gasteiger partial charge < -0.3 is 10.4 Å². The van der Waals surface area contributed by atoms with E-state index in [1.165, 1.54) is 18.3 Å². The van der Waals surface area contributed by atoms with E-state index in [-0.39, 0.29) is 15.8 Å². The van der Waals surface area contributed by atoms with Crippen LogP contribution >= 0.6 is 35.4 Å². The third kappa shape index (κ3) is 4.52. The molecule has 0 atom stereocenters. The van der Waals surface area contributed by atoms with Crippen LogP contribution in [0.1, 0.15) is 5.56 Å². The van der Waals surface area contributed by atoms with Gasteiger partial charge in [-0.2, -0.15) is 5.10 Å². The fourth-order valence-corrected chi connectivity index (χ4v) is 1.67. The van der Waals surface area contributed by atoms with E-state index in [4.69, 9.17) is 35.4 Å². The molecule has 1 aromatic carbocycles. The second kappa shape index (κ2) is 7.20. The zero-order valence-electron chi connectivity index (χ0n) is 9.28. The summed E-state index contributed by atoms with van der Waals surface area (Å²) in [5.41, 5.74) is 3.25. The first-order chi connectivity index (χ1) is 8.54. The van der Waals surface area contributed by atoms with Gasteiger partial charge in [-0.3, -0.25) is 5.43 Å². The minimum Gasteiger partial charge on any atom is -0.505 e. The predicted octanol–water partition coefficient (Wildman–Crippen LogP) is 2.68. The Morgan fingerprint density at radius 2 is 2.06 bits per heavy atom. The number of rotatable bonds is 4. The summed E-state index contributed by atoms with van der Waals surface area (Å²) in [5, 5.41) is 16.8. The monoisotopic (exact) mass is 303 g/mol. The van der Waals surface area contributed by atoms with Gasteiger partial charge in [-0.05, 0) is 29.9 Å². The lowest BCUT2D eigenvalue weighted by Gasteiger charge is -2.04. The highest BCUT2D eigenvalue weighted by Crippen LogP contribution is 2.32. The maximum Gasteiger partial charge on any atom is 0.187 e. The standard InChI is InChI=1S/C11H11Cl2N3OS/c1-2-3-14-11(18)16-15-6-7-4-8(12)10(17)9(13)5-7/h2,4-6,17H,1,3H2,(H2,14,16,18)/b15-6+. The molecule has 96 valence electrons. The molecule has 0 saturated heterocycles. The van der Waals surface area contributed by atoms with Gasteiger partial charge in [-0.15, -0.1) is 6.58 Å². The van der Waals surface area contributed by atoms with Crippen LogP contribution in [0, 0.1) is 0 Å². The maximum atomic E-state index is 9.38. The fourth-order valence-electron chi connectivity index (χ4n) is 1.03. The summed E-state index contributed by atoms with van der Waals surface area (Å²) < 4.78 is 0. The maximum absolute atomic E-state index is 9.38. The first-order valence-electron chi connectivity index (χ1n) is 4.90. The summed E-state index contributed by atoms with van der Waals surface area (Å²) in [5.74, 6) is -0.147. The Bertz CT molecular complexity index is 468. The Balaban J connectivity index is 2.62. The van der Waals surface area contributed by atoms with Gasteiger partial charge in [-0.25, -0.2) is 0 Å². The van der Waals surface area contributed by atoms with Gasteiger partial charge in [0.15, 0.2) is 10.9 Å². The van der Waals surface area contributed by atoms with Crippen LogP contribution < -0.4 is 10.7 Å². The van der Waals surface area contributed by atoms with Crippen LogP contribution in [0.5, 0.6) is 5.75 Å². The highest BCUT2D eigenvalue weighted by Gasteiger charge is 2.05. The molecule has 0 spiro atoms. The Morgan fingerprint density at radius 1 is 1.44 bits per heavy atom. The Labute approximate surface area is 120 Å². The highest BCUT2D eigenvalue weighted by atomic mass is 35.5. The number of aromatic hydroxyl groups is 1. The summed E-state index contributed by atoms with van der Waals surface area (Å²) in [6, 6.07) is 3.07. The van der Waals surface area contributed by atoms with Gasteiger partial charge in [0.05, 0.1) is 16.3 Å². The van der Waals surface area contributed by atoms with Crippen molar-refractivity contribution in [2.45, 2.75) is 0 Å². The average Bonchev–Trinajstić information content (AvgIpc) is 2.33. The number of phenols is 1. The van der Waals surface area contributed by atoms with Crippen LogP contribution in [-0.4, -0.2) is 23.0 Å². The van der Waals surface area contributed by atoms with Crippen LogP contribution in [0.15, 0.2) is 29.9 Å². The van der Waals surface area contributed by atoms with E-state index in [1.807, 2.05) is 0 Å². The molecule has 4 nitrogen and oxygen atoms in total. The Kier molecular flexibility index (Phi) is 5.91. The normalized spacial score (nSPS) is 10.3. The SMILES string of the molecule is C=CCNC(=S)N/N=C/c1cc(Cl)c(O)c(Cl)c1. The van der Waals surface area contributed by atoms with Gasteiger partial charge in [-0.1, -0.05) is 29.3 Å². The number of phenolic OH excluding ortho intramolecular Hbond substituents is 1. The number of nitrogens with zero attached hydrogens (tertiary/aromatic N) is 1. The van der Waals surface area contributed by atoms with Crippen molar-refractivity contribution in [1.82, 2.24) is 10.7 Å². The first kappa shape index (κ1) is 14.8. The lowest BCUT2D eigenvalue weighted by atomic mass is 10.2. The zero-order chi connectivity index (χ0) is 13.5. The van der Waals surface area contributed by atoms with Gasteiger partial charge in [0, 0.05) is 6.54 Å². The number of halogens is 2. The molecule has 0 fully saturated rings. The molecule has 0 unspecified atom stereocenters. The van der Waals surface area contributed by atoms with Crippen LogP contribution in [0.3, 0.4) is 0 Å². The van der Waals surface area contributed by atoms with Crippen molar-refractivity contribution in [2.24, 2.45) is 5.10 Å². The van der Waals surface area contributed by atoms with Crippen molar-refractivity contribution >= 4 is 46.7 Å². The molecule has 0 radical (unpaired) electrons. The van der Waals surface area contributed by atoms with Crippen molar-refractivity contribution in [1.29, 1.82) is 0 Å². The van der Waals surface area contributed by atoms with E-state index in [2.05, 4.69) is 22.4 Å². The van der Waals surface area contributed by atoms with Gasteiger partial charge >= 0.3 is 0 Å². The van der Waals surface area contributed by atoms with Gasteiger partial charge in [0.1, 0.15) is 0 Å². The molecule has 1 rings (SSSR count). The van der Waals surface area contributed by atoms with Crippen molar-refractivity contribution in [2.75, 3.05) is 6.54 Å². The molecule has 0 aliphatic heterocycles. The van der Waals surface area contributed by atoms with Crippen LogP contribution in [0.25, 0.3) is 0 Å². The third-order valence-electron chi connectivity index (χ3n) is 1.83. The minimum atomic E-state index is -0.147.